The SMILES string of the molecule is CCCc1ncncc1C(=O)N(CCc1ccccc1)C1CCN(C)CC1. The van der Waals surface area contributed by atoms with Gasteiger partial charge in [-0.25, -0.2) is 9.97 Å². The van der Waals surface area contributed by atoms with Crippen LogP contribution in [0.25, 0.3) is 0 Å². The Hall–Kier alpha value is -2.27. The van der Waals surface area contributed by atoms with Crippen molar-refractivity contribution in [2.75, 3.05) is 26.7 Å². The van der Waals surface area contributed by atoms with E-state index in [-0.39, 0.29) is 11.9 Å². The maximum Gasteiger partial charge on any atom is 0.257 e. The summed E-state index contributed by atoms with van der Waals surface area (Å²) in [6, 6.07) is 10.7. The molecular formula is C22H30N4O. The van der Waals surface area contributed by atoms with Crippen molar-refractivity contribution in [1.29, 1.82) is 0 Å². The van der Waals surface area contributed by atoms with Crippen molar-refractivity contribution < 1.29 is 4.79 Å². The first-order chi connectivity index (χ1) is 13.2. The Morgan fingerprint density at radius 1 is 1.19 bits per heavy atom. The monoisotopic (exact) mass is 366 g/mol. The van der Waals surface area contributed by atoms with Crippen LogP contribution in [0.2, 0.25) is 0 Å². The van der Waals surface area contributed by atoms with Crippen LogP contribution in [-0.4, -0.2) is 58.4 Å². The first-order valence-corrected chi connectivity index (χ1v) is 10.0. The summed E-state index contributed by atoms with van der Waals surface area (Å²) in [6.45, 7) is 4.91. The Balaban J connectivity index is 1.81. The third-order valence-corrected chi connectivity index (χ3v) is 5.39. The first kappa shape index (κ1) is 19.5. The number of carbonyl (C=O) groups is 1. The third-order valence-electron chi connectivity index (χ3n) is 5.39. The van der Waals surface area contributed by atoms with Gasteiger partial charge in [0.2, 0.25) is 0 Å². The minimum atomic E-state index is 0.0875. The van der Waals surface area contributed by atoms with Gasteiger partial charge in [0.25, 0.3) is 5.91 Å². The molecule has 0 aliphatic carbocycles. The van der Waals surface area contributed by atoms with Gasteiger partial charge in [-0.2, -0.15) is 0 Å². The van der Waals surface area contributed by atoms with E-state index >= 15 is 0 Å². The van der Waals surface area contributed by atoms with Crippen LogP contribution in [0, 0.1) is 0 Å². The molecule has 0 N–H and O–H groups in total. The third kappa shape index (κ3) is 5.13. The number of rotatable bonds is 7. The van der Waals surface area contributed by atoms with E-state index < -0.39 is 0 Å². The van der Waals surface area contributed by atoms with Gasteiger partial charge in [0.1, 0.15) is 6.33 Å². The number of aromatic nitrogens is 2. The van der Waals surface area contributed by atoms with Crippen LogP contribution in [0.5, 0.6) is 0 Å². The van der Waals surface area contributed by atoms with Gasteiger partial charge in [0.05, 0.1) is 11.3 Å². The highest BCUT2D eigenvalue weighted by Gasteiger charge is 2.29. The van der Waals surface area contributed by atoms with Crippen LogP contribution in [0.1, 0.15) is 47.8 Å². The highest BCUT2D eigenvalue weighted by molar-refractivity contribution is 5.95. The van der Waals surface area contributed by atoms with E-state index in [2.05, 4.69) is 58.0 Å². The number of piperidine rings is 1. The standard InChI is InChI=1S/C22H30N4O/c1-3-7-21-20(16-23-17-24-21)22(27)26(19-11-13-25(2)14-12-19)15-10-18-8-5-4-6-9-18/h4-6,8-9,16-17,19H,3,7,10-15H2,1-2H3. The number of benzene rings is 1. The lowest BCUT2D eigenvalue weighted by atomic mass is 10.0. The number of hydrogen-bond acceptors (Lipinski definition) is 4. The lowest BCUT2D eigenvalue weighted by Crippen LogP contribution is -2.47. The molecule has 0 unspecified atom stereocenters. The molecule has 1 aliphatic rings. The molecule has 5 heteroatoms. The fourth-order valence-electron chi connectivity index (χ4n) is 3.78. The van der Waals surface area contributed by atoms with Gasteiger partial charge in [-0.05, 0) is 51.4 Å². The average molecular weight is 367 g/mol. The molecule has 27 heavy (non-hydrogen) atoms. The second kappa shape index (κ2) is 9.60. The zero-order valence-corrected chi connectivity index (χ0v) is 16.5. The van der Waals surface area contributed by atoms with Crippen LogP contribution < -0.4 is 0 Å². The average Bonchev–Trinajstić information content (AvgIpc) is 2.71. The summed E-state index contributed by atoms with van der Waals surface area (Å²) in [7, 11) is 2.15. The van der Waals surface area contributed by atoms with E-state index in [1.807, 2.05) is 6.07 Å². The van der Waals surface area contributed by atoms with Crippen molar-refractivity contribution in [2.45, 2.75) is 45.1 Å². The van der Waals surface area contributed by atoms with Gasteiger partial charge in [-0.15, -0.1) is 0 Å². The Morgan fingerprint density at radius 3 is 2.63 bits per heavy atom. The summed E-state index contributed by atoms with van der Waals surface area (Å²) >= 11 is 0. The Labute approximate surface area is 162 Å². The van der Waals surface area contributed by atoms with Gasteiger partial charge in [-0.3, -0.25) is 4.79 Å². The number of aryl methyl sites for hydroxylation is 1. The van der Waals surface area contributed by atoms with Crippen LogP contribution in [0.15, 0.2) is 42.9 Å². The molecule has 0 radical (unpaired) electrons. The smallest absolute Gasteiger partial charge is 0.257 e. The number of nitrogens with zero attached hydrogens (tertiary/aromatic N) is 4. The fourth-order valence-corrected chi connectivity index (χ4v) is 3.78. The van der Waals surface area contributed by atoms with Crippen molar-refractivity contribution in [3.05, 3.63) is 59.7 Å². The number of amides is 1. The molecule has 0 spiro atoms. The van der Waals surface area contributed by atoms with E-state index in [0.29, 0.717) is 5.56 Å². The van der Waals surface area contributed by atoms with Crippen molar-refractivity contribution >= 4 is 5.91 Å². The molecule has 0 atom stereocenters. The summed E-state index contributed by atoms with van der Waals surface area (Å²) < 4.78 is 0. The zero-order chi connectivity index (χ0) is 19.1. The minimum Gasteiger partial charge on any atom is -0.335 e. The Morgan fingerprint density at radius 2 is 1.93 bits per heavy atom. The van der Waals surface area contributed by atoms with Crippen molar-refractivity contribution in [3.8, 4) is 0 Å². The van der Waals surface area contributed by atoms with Crippen LogP contribution in [0.3, 0.4) is 0 Å². The predicted molar refractivity (Wildman–Crippen MR) is 108 cm³/mol. The molecule has 5 nitrogen and oxygen atoms in total. The molecule has 1 saturated heterocycles. The Kier molecular flexibility index (Phi) is 6.93. The van der Waals surface area contributed by atoms with Crippen LogP contribution >= 0.6 is 0 Å². The summed E-state index contributed by atoms with van der Waals surface area (Å²) in [5.41, 5.74) is 2.81. The predicted octanol–water partition coefficient (Wildman–Crippen LogP) is 3.21. The van der Waals surface area contributed by atoms with Gasteiger partial charge in [-0.1, -0.05) is 43.7 Å². The lowest BCUT2D eigenvalue weighted by Gasteiger charge is -2.37. The molecule has 1 amide bonds. The van der Waals surface area contributed by atoms with E-state index in [4.69, 9.17) is 0 Å². The van der Waals surface area contributed by atoms with Gasteiger partial charge in [0.15, 0.2) is 0 Å². The number of hydrogen-bond donors (Lipinski definition) is 0. The molecule has 2 aromatic rings. The summed E-state index contributed by atoms with van der Waals surface area (Å²) in [4.78, 5) is 26.4. The molecule has 3 rings (SSSR count). The normalized spacial score (nSPS) is 15.6. The van der Waals surface area contributed by atoms with Crippen molar-refractivity contribution in [2.24, 2.45) is 0 Å². The van der Waals surface area contributed by atoms with Crippen LogP contribution in [-0.2, 0) is 12.8 Å². The van der Waals surface area contributed by atoms with E-state index in [1.165, 1.54) is 5.56 Å². The molecule has 1 fully saturated rings. The number of likely N-dealkylation sites (tertiary alicyclic amines) is 1. The van der Waals surface area contributed by atoms with Gasteiger partial charge < -0.3 is 9.80 Å². The van der Waals surface area contributed by atoms with E-state index in [9.17, 15) is 4.79 Å². The Bertz CT molecular complexity index is 726. The highest BCUT2D eigenvalue weighted by Crippen LogP contribution is 2.20. The van der Waals surface area contributed by atoms with Crippen molar-refractivity contribution in [1.82, 2.24) is 19.8 Å². The molecule has 144 valence electrons. The second-order valence-electron chi connectivity index (χ2n) is 7.40. The number of carbonyl (C=O) groups excluding carboxylic acids is 1. The molecule has 2 heterocycles. The summed E-state index contributed by atoms with van der Waals surface area (Å²) in [5.74, 6) is 0.0875. The van der Waals surface area contributed by atoms with E-state index in [0.717, 1.165) is 57.4 Å². The van der Waals surface area contributed by atoms with Crippen molar-refractivity contribution in [3.63, 3.8) is 0 Å². The highest BCUT2D eigenvalue weighted by atomic mass is 16.2. The van der Waals surface area contributed by atoms with E-state index in [1.54, 1.807) is 12.5 Å². The zero-order valence-electron chi connectivity index (χ0n) is 16.5. The lowest BCUT2D eigenvalue weighted by molar-refractivity contribution is 0.0592. The van der Waals surface area contributed by atoms with Crippen LogP contribution in [0.4, 0.5) is 0 Å². The molecule has 0 saturated carbocycles. The second-order valence-corrected chi connectivity index (χ2v) is 7.40. The molecule has 1 aromatic carbocycles. The quantitative estimate of drug-likeness (QED) is 0.755. The molecule has 1 aromatic heterocycles. The molecule has 0 bridgehead atoms. The molecular weight excluding hydrogens is 336 g/mol. The largest absolute Gasteiger partial charge is 0.335 e. The first-order valence-electron chi connectivity index (χ1n) is 10.0. The summed E-state index contributed by atoms with van der Waals surface area (Å²) in [6.07, 6.45) is 7.94. The minimum absolute atomic E-state index is 0.0875. The summed E-state index contributed by atoms with van der Waals surface area (Å²) in [5, 5.41) is 0. The van der Waals surface area contributed by atoms with Gasteiger partial charge in [0, 0.05) is 18.8 Å². The maximum atomic E-state index is 13.5. The fraction of sp³-hybridized carbons (Fsp3) is 0.500. The maximum absolute atomic E-state index is 13.5. The van der Waals surface area contributed by atoms with Gasteiger partial charge >= 0.3 is 0 Å². The molecule has 1 aliphatic heterocycles. The topological polar surface area (TPSA) is 49.3 Å².